The summed E-state index contributed by atoms with van der Waals surface area (Å²) < 4.78 is 0.963. The van der Waals surface area contributed by atoms with Crippen LogP contribution in [0.25, 0.3) is 0 Å². The van der Waals surface area contributed by atoms with Crippen molar-refractivity contribution in [3.63, 3.8) is 0 Å². The fraction of sp³-hybridized carbons (Fsp3) is 0.0714. The van der Waals surface area contributed by atoms with E-state index < -0.39 is 0 Å². The summed E-state index contributed by atoms with van der Waals surface area (Å²) in [5, 5.41) is 3.20. The molecule has 0 aromatic heterocycles. The van der Waals surface area contributed by atoms with Crippen LogP contribution in [0.15, 0.2) is 40.9 Å². The van der Waals surface area contributed by atoms with Crippen molar-refractivity contribution in [3.05, 3.63) is 57.0 Å². The number of carbonyl (C=O) groups excluding carboxylic acids is 1. The maximum absolute atomic E-state index is 12.2. The molecule has 1 amide bonds. The van der Waals surface area contributed by atoms with Gasteiger partial charge in [0.25, 0.3) is 5.91 Å². The summed E-state index contributed by atoms with van der Waals surface area (Å²) in [5.74, 6) is -0.273. The molecule has 5 heteroatoms. The number of hydrogen-bond acceptors (Lipinski definition) is 2. The third-order valence-corrected chi connectivity index (χ3v) is 3.56. The van der Waals surface area contributed by atoms with E-state index in [1.54, 1.807) is 18.2 Å². The number of nitrogens with two attached hydrogens (primary N) is 1. The summed E-state index contributed by atoms with van der Waals surface area (Å²) >= 11 is 9.28. The number of nitrogens with one attached hydrogen (secondary N) is 1. The first-order chi connectivity index (χ1) is 8.99. The number of amides is 1. The molecule has 0 atom stereocenters. The van der Waals surface area contributed by atoms with Gasteiger partial charge < -0.3 is 11.1 Å². The Morgan fingerprint density at radius 1 is 1.32 bits per heavy atom. The molecule has 0 heterocycles. The average Bonchev–Trinajstić information content (AvgIpc) is 2.36. The Balaban J connectivity index is 2.28. The van der Waals surface area contributed by atoms with Gasteiger partial charge in [-0.1, -0.05) is 33.6 Å². The Hall–Kier alpha value is -1.52. The largest absolute Gasteiger partial charge is 0.397 e. The molecular formula is C14H12BrClN2O. The van der Waals surface area contributed by atoms with E-state index in [1.165, 1.54) is 0 Å². The van der Waals surface area contributed by atoms with Gasteiger partial charge in [0.1, 0.15) is 0 Å². The van der Waals surface area contributed by atoms with E-state index in [2.05, 4.69) is 21.2 Å². The molecule has 0 aliphatic rings. The zero-order valence-electron chi connectivity index (χ0n) is 10.2. The van der Waals surface area contributed by atoms with Crippen molar-refractivity contribution in [2.75, 3.05) is 11.1 Å². The number of para-hydroxylation sites is 1. The molecule has 3 N–H and O–H groups in total. The molecule has 0 bridgehead atoms. The van der Waals surface area contributed by atoms with E-state index in [0.717, 1.165) is 15.7 Å². The van der Waals surface area contributed by atoms with Crippen LogP contribution in [-0.4, -0.2) is 5.91 Å². The van der Waals surface area contributed by atoms with Crippen LogP contribution in [-0.2, 0) is 0 Å². The minimum absolute atomic E-state index is 0.273. The number of aryl methyl sites for hydroxylation is 1. The molecule has 0 fully saturated rings. The van der Waals surface area contributed by atoms with E-state index in [-0.39, 0.29) is 11.6 Å². The van der Waals surface area contributed by atoms with Gasteiger partial charge in [-0.05, 0) is 42.8 Å². The van der Waals surface area contributed by atoms with Gasteiger partial charge in [-0.25, -0.2) is 0 Å². The van der Waals surface area contributed by atoms with Crippen LogP contribution < -0.4 is 11.1 Å². The zero-order valence-corrected chi connectivity index (χ0v) is 12.5. The number of anilines is 2. The van der Waals surface area contributed by atoms with Crippen LogP contribution in [0, 0.1) is 6.92 Å². The lowest BCUT2D eigenvalue weighted by molar-refractivity contribution is 0.102. The maximum Gasteiger partial charge on any atom is 0.257 e. The molecular weight excluding hydrogens is 328 g/mol. The van der Waals surface area contributed by atoms with E-state index in [1.807, 2.05) is 25.1 Å². The van der Waals surface area contributed by atoms with Gasteiger partial charge in [-0.15, -0.1) is 0 Å². The Bertz CT molecular complexity index is 643. The highest BCUT2D eigenvalue weighted by atomic mass is 79.9. The Labute approximate surface area is 124 Å². The van der Waals surface area contributed by atoms with Gasteiger partial charge in [0.2, 0.25) is 0 Å². The Kier molecular flexibility index (Phi) is 4.12. The zero-order chi connectivity index (χ0) is 14.0. The first-order valence-corrected chi connectivity index (χ1v) is 6.77. The Morgan fingerprint density at radius 2 is 2.05 bits per heavy atom. The van der Waals surface area contributed by atoms with Crippen LogP contribution in [0.3, 0.4) is 0 Å². The van der Waals surface area contributed by atoms with Crippen LogP contribution in [0.5, 0.6) is 0 Å². The normalized spacial score (nSPS) is 10.3. The summed E-state index contributed by atoms with van der Waals surface area (Å²) in [6.07, 6.45) is 0. The quantitative estimate of drug-likeness (QED) is 0.804. The minimum Gasteiger partial charge on any atom is -0.397 e. The van der Waals surface area contributed by atoms with Crippen molar-refractivity contribution in [2.45, 2.75) is 6.92 Å². The van der Waals surface area contributed by atoms with Crippen molar-refractivity contribution in [1.29, 1.82) is 0 Å². The summed E-state index contributed by atoms with van der Waals surface area (Å²) in [6, 6.07) is 10.6. The summed E-state index contributed by atoms with van der Waals surface area (Å²) in [7, 11) is 0. The molecule has 0 radical (unpaired) electrons. The monoisotopic (exact) mass is 338 g/mol. The van der Waals surface area contributed by atoms with Gasteiger partial charge in [0, 0.05) is 10.2 Å². The van der Waals surface area contributed by atoms with Gasteiger partial charge in [-0.2, -0.15) is 0 Å². The van der Waals surface area contributed by atoms with Crippen molar-refractivity contribution in [1.82, 2.24) is 0 Å². The predicted molar refractivity (Wildman–Crippen MR) is 82.7 cm³/mol. The van der Waals surface area contributed by atoms with Gasteiger partial charge >= 0.3 is 0 Å². The standard InChI is InChI=1S/C14H12BrClN2O/c1-8-7-9(15)5-6-12(8)18-14(19)10-3-2-4-11(16)13(10)17/h2-7H,17H2,1H3,(H,18,19). The number of hydrogen-bond donors (Lipinski definition) is 2. The highest BCUT2D eigenvalue weighted by molar-refractivity contribution is 9.10. The van der Waals surface area contributed by atoms with E-state index >= 15 is 0 Å². The van der Waals surface area contributed by atoms with E-state index in [9.17, 15) is 4.79 Å². The third kappa shape index (κ3) is 3.08. The summed E-state index contributed by atoms with van der Waals surface area (Å²) in [5.41, 5.74) is 8.16. The van der Waals surface area contributed by atoms with Crippen LogP contribution >= 0.6 is 27.5 Å². The van der Waals surface area contributed by atoms with E-state index in [4.69, 9.17) is 17.3 Å². The maximum atomic E-state index is 12.2. The second kappa shape index (κ2) is 5.63. The average molecular weight is 340 g/mol. The van der Waals surface area contributed by atoms with Crippen molar-refractivity contribution >= 4 is 44.8 Å². The highest BCUT2D eigenvalue weighted by Gasteiger charge is 2.12. The van der Waals surface area contributed by atoms with Gasteiger partial charge in [0.05, 0.1) is 16.3 Å². The van der Waals surface area contributed by atoms with Gasteiger partial charge in [0.15, 0.2) is 0 Å². The third-order valence-electron chi connectivity index (χ3n) is 2.73. The molecule has 0 unspecified atom stereocenters. The molecule has 2 rings (SSSR count). The first-order valence-electron chi connectivity index (χ1n) is 5.60. The topological polar surface area (TPSA) is 55.1 Å². The second-order valence-electron chi connectivity index (χ2n) is 4.11. The smallest absolute Gasteiger partial charge is 0.257 e. The van der Waals surface area contributed by atoms with Crippen molar-refractivity contribution in [2.24, 2.45) is 0 Å². The lowest BCUT2D eigenvalue weighted by Gasteiger charge is -2.10. The lowest BCUT2D eigenvalue weighted by atomic mass is 10.1. The van der Waals surface area contributed by atoms with Crippen LogP contribution in [0.2, 0.25) is 5.02 Å². The molecule has 2 aromatic carbocycles. The Morgan fingerprint density at radius 3 is 2.74 bits per heavy atom. The molecule has 3 nitrogen and oxygen atoms in total. The minimum atomic E-state index is -0.273. The molecule has 0 aliphatic heterocycles. The van der Waals surface area contributed by atoms with Crippen LogP contribution in [0.1, 0.15) is 15.9 Å². The molecule has 19 heavy (non-hydrogen) atoms. The summed E-state index contributed by atoms with van der Waals surface area (Å²) in [4.78, 5) is 12.2. The molecule has 98 valence electrons. The highest BCUT2D eigenvalue weighted by Crippen LogP contribution is 2.25. The lowest BCUT2D eigenvalue weighted by Crippen LogP contribution is -2.14. The summed E-state index contributed by atoms with van der Waals surface area (Å²) in [6.45, 7) is 1.92. The SMILES string of the molecule is Cc1cc(Br)ccc1NC(=O)c1cccc(Cl)c1N. The predicted octanol–water partition coefficient (Wildman–Crippen LogP) is 4.25. The molecule has 0 saturated carbocycles. The molecule has 2 aromatic rings. The number of carbonyl (C=O) groups is 1. The van der Waals surface area contributed by atoms with Crippen molar-refractivity contribution < 1.29 is 4.79 Å². The number of halogens is 2. The van der Waals surface area contributed by atoms with E-state index in [0.29, 0.717) is 10.6 Å². The molecule has 0 aliphatic carbocycles. The first kappa shape index (κ1) is 13.9. The molecule has 0 saturated heterocycles. The number of rotatable bonds is 2. The second-order valence-corrected chi connectivity index (χ2v) is 5.44. The number of benzene rings is 2. The number of nitrogen functional groups attached to an aromatic ring is 1. The fourth-order valence-electron chi connectivity index (χ4n) is 1.69. The van der Waals surface area contributed by atoms with Gasteiger partial charge in [-0.3, -0.25) is 4.79 Å². The molecule has 0 spiro atoms. The van der Waals surface area contributed by atoms with Crippen LogP contribution in [0.4, 0.5) is 11.4 Å². The van der Waals surface area contributed by atoms with Crippen molar-refractivity contribution in [3.8, 4) is 0 Å². The fourth-order valence-corrected chi connectivity index (χ4v) is 2.34.